The van der Waals surface area contributed by atoms with E-state index in [0.717, 1.165) is 12.1 Å². The molecule has 0 spiro atoms. The summed E-state index contributed by atoms with van der Waals surface area (Å²) in [5.41, 5.74) is 0.560. The first-order chi connectivity index (χ1) is 4.45. The van der Waals surface area contributed by atoms with Gasteiger partial charge in [0.25, 0.3) is 0 Å². The Balaban J connectivity index is 2.47. The molecule has 0 bridgehead atoms. The lowest BCUT2D eigenvalue weighted by Crippen LogP contribution is -2.62. The first kappa shape index (κ1) is 8.06. The molecule has 1 heteroatoms. The minimum Gasteiger partial charge on any atom is -0.297 e. The Bertz CT molecular complexity index is 127. The Morgan fingerprint density at radius 2 is 1.90 bits per heavy atom. The van der Waals surface area contributed by atoms with Gasteiger partial charge in [0.05, 0.1) is 0 Å². The van der Waals surface area contributed by atoms with E-state index in [1.54, 1.807) is 0 Å². The summed E-state index contributed by atoms with van der Waals surface area (Å²) in [5.74, 6) is 0. The summed E-state index contributed by atoms with van der Waals surface area (Å²) >= 11 is 0. The van der Waals surface area contributed by atoms with Crippen molar-refractivity contribution in [2.45, 2.75) is 46.7 Å². The van der Waals surface area contributed by atoms with E-state index in [-0.39, 0.29) is 0 Å². The molecular weight excluding hydrogens is 122 g/mol. The van der Waals surface area contributed by atoms with Gasteiger partial charge >= 0.3 is 0 Å². The molecule has 1 unspecified atom stereocenters. The van der Waals surface area contributed by atoms with Crippen LogP contribution in [0.2, 0.25) is 0 Å². The molecule has 0 saturated carbocycles. The van der Waals surface area contributed by atoms with E-state index in [4.69, 9.17) is 0 Å². The lowest BCUT2D eigenvalue weighted by Gasteiger charge is -2.55. The van der Waals surface area contributed by atoms with Gasteiger partial charge in [-0.25, -0.2) is 0 Å². The summed E-state index contributed by atoms with van der Waals surface area (Å²) in [4.78, 5) is 2.54. The van der Waals surface area contributed by atoms with Gasteiger partial charge in [0.15, 0.2) is 0 Å². The van der Waals surface area contributed by atoms with Crippen molar-refractivity contribution in [3.63, 3.8) is 0 Å². The van der Waals surface area contributed by atoms with Gasteiger partial charge in [0.1, 0.15) is 0 Å². The Labute approximate surface area is 64.4 Å². The highest BCUT2D eigenvalue weighted by Crippen LogP contribution is 2.37. The van der Waals surface area contributed by atoms with Crippen LogP contribution in [0.15, 0.2) is 0 Å². The van der Waals surface area contributed by atoms with Crippen molar-refractivity contribution in [2.24, 2.45) is 5.41 Å². The fourth-order valence-electron chi connectivity index (χ4n) is 1.71. The second kappa shape index (κ2) is 2.23. The molecule has 1 heterocycles. The number of nitrogens with zero attached hydrogens (tertiary/aromatic N) is 1. The van der Waals surface area contributed by atoms with Gasteiger partial charge in [0, 0.05) is 18.6 Å². The fourth-order valence-corrected chi connectivity index (χ4v) is 1.71. The van der Waals surface area contributed by atoms with Crippen molar-refractivity contribution in [3.05, 3.63) is 0 Å². The van der Waals surface area contributed by atoms with Gasteiger partial charge in [-0.05, 0) is 26.2 Å². The smallest absolute Gasteiger partial charge is 0.0133 e. The van der Waals surface area contributed by atoms with Crippen LogP contribution in [0.25, 0.3) is 0 Å². The molecule has 0 amide bonds. The first-order valence-electron chi connectivity index (χ1n) is 4.21. The predicted molar refractivity (Wildman–Crippen MR) is 45.1 cm³/mol. The fraction of sp³-hybridized carbons (Fsp3) is 1.00. The van der Waals surface area contributed by atoms with E-state index < -0.39 is 0 Å². The van der Waals surface area contributed by atoms with E-state index in [9.17, 15) is 0 Å². The summed E-state index contributed by atoms with van der Waals surface area (Å²) in [7, 11) is 0. The van der Waals surface area contributed by atoms with Crippen LogP contribution in [0, 0.1) is 5.41 Å². The molecule has 1 aliphatic rings. The Kier molecular flexibility index (Phi) is 1.80. The van der Waals surface area contributed by atoms with Crippen LogP contribution in [0.4, 0.5) is 0 Å². The van der Waals surface area contributed by atoms with Crippen molar-refractivity contribution in [3.8, 4) is 0 Å². The summed E-state index contributed by atoms with van der Waals surface area (Å²) in [6.45, 7) is 12.8. The Hall–Kier alpha value is -0.0400. The number of likely N-dealkylation sites (tertiary alicyclic amines) is 1. The number of hydrogen-bond acceptors (Lipinski definition) is 1. The molecule has 0 aromatic heterocycles. The molecule has 0 aromatic rings. The molecule has 60 valence electrons. The Morgan fingerprint density at radius 1 is 1.40 bits per heavy atom. The van der Waals surface area contributed by atoms with E-state index >= 15 is 0 Å². The summed E-state index contributed by atoms with van der Waals surface area (Å²) in [6.07, 6.45) is 0. The van der Waals surface area contributed by atoms with Crippen LogP contribution in [0.5, 0.6) is 0 Å². The SMILES string of the molecule is CC(C)N1CC(C)(C)C1C. The van der Waals surface area contributed by atoms with Crippen LogP contribution in [-0.2, 0) is 0 Å². The molecule has 10 heavy (non-hydrogen) atoms. The van der Waals surface area contributed by atoms with Crippen LogP contribution < -0.4 is 0 Å². The molecule has 1 rings (SSSR count). The zero-order valence-corrected chi connectivity index (χ0v) is 7.81. The van der Waals surface area contributed by atoms with Crippen LogP contribution in [0.1, 0.15) is 34.6 Å². The largest absolute Gasteiger partial charge is 0.297 e. The third-order valence-electron chi connectivity index (χ3n) is 2.88. The van der Waals surface area contributed by atoms with Gasteiger partial charge in [0.2, 0.25) is 0 Å². The second-order valence-corrected chi connectivity index (χ2v) is 4.43. The topological polar surface area (TPSA) is 3.24 Å². The monoisotopic (exact) mass is 141 g/mol. The highest BCUT2D eigenvalue weighted by Gasteiger charge is 2.42. The van der Waals surface area contributed by atoms with Crippen molar-refractivity contribution < 1.29 is 0 Å². The normalized spacial score (nSPS) is 32.4. The van der Waals surface area contributed by atoms with Gasteiger partial charge < -0.3 is 0 Å². The molecule has 1 nitrogen and oxygen atoms in total. The molecule has 1 fully saturated rings. The van der Waals surface area contributed by atoms with Crippen molar-refractivity contribution in [1.29, 1.82) is 0 Å². The van der Waals surface area contributed by atoms with Crippen LogP contribution in [-0.4, -0.2) is 23.5 Å². The van der Waals surface area contributed by atoms with Gasteiger partial charge in [-0.3, -0.25) is 4.90 Å². The van der Waals surface area contributed by atoms with Crippen molar-refractivity contribution >= 4 is 0 Å². The third kappa shape index (κ3) is 1.07. The molecular formula is C9H19N. The van der Waals surface area contributed by atoms with Crippen molar-refractivity contribution in [2.75, 3.05) is 6.54 Å². The van der Waals surface area contributed by atoms with E-state index in [0.29, 0.717) is 5.41 Å². The molecule has 1 saturated heterocycles. The number of rotatable bonds is 1. The lowest BCUT2D eigenvalue weighted by molar-refractivity contribution is -0.0598. The highest BCUT2D eigenvalue weighted by atomic mass is 15.3. The Morgan fingerprint density at radius 3 is 2.00 bits per heavy atom. The minimum absolute atomic E-state index is 0.560. The second-order valence-electron chi connectivity index (χ2n) is 4.43. The van der Waals surface area contributed by atoms with Gasteiger partial charge in [-0.15, -0.1) is 0 Å². The standard InChI is InChI=1S/C9H19N/c1-7(2)10-6-9(4,5)8(10)3/h7-8H,6H2,1-5H3. The quantitative estimate of drug-likeness (QED) is 0.540. The average Bonchev–Trinajstić information content (AvgIpc) is 1.82. The van der Waals surface area contributed by atoms with Crippen molar-refractivity contribution in [1.82, 2.24) is 4.90 Å². The zero-order chi connectivity index (χ0) is 7.94. The molecule has 1 aliphatic heterocycles. The average molecular weight is 141 g/mol. The minimum atomic E-state index is 0.560. The van der Waals surface area contributed by atoms with E-state index in [1.165, 1.54) is 6.54 Å². The molecule has 0 N–H and O–H groups in total. The van der Waals surface area contributed by atoms with Gasteiger partial charge in [-0.2, -0.15) is 0 Å². The highest BCUT2D eigenvalue weighted by molar-refractivity contribution is 4.96. The summed E-state index contributed by atoms with van der Waals surface area (Å²) in [5, 5.41) is 0. The molecule has 0 aromatic carbocycles. The zero-order valence-electron chi connectivity index (χ0n) is 7.81. The van der Waals surface area contributed by atoms with E-state index in [2.05, 4.69) is 39.5 Å². The number of hydrogen-bond donors (Lipinski definition) is 0. The van der Waals surface area contributed by atoms with Gasteiger partial charge in [-0.1, -0.05) is 13.8 Å². The van der Waals surface area contributed by atoms with Crippen LogP contribution >= 0.6 is 0 Å². The van der Waals surface area contributed by atoms with Crippen LogP contribution in [0.3, 0.4) is 0 Å². The molecule has 0 aliphatic carbocycles. The molecule has 0 radical (unpaired) electrons. The maximum Gasteiger partial charge on any atom is 0.0133 e. The summed E-state index contributed by atoms with van der Waals surface area (Å²) < 4.78 is 0. The maximum absolute atomic E-state index is 2.54. The summed E-state index contributed by atoms with van der Waals surface area (Å²) in [6, 6.07) is 1.50. The predicted octanol–water partition coefficient (Wildman–Crippen LogP) is 2.13. The maximum atomic E-state index is 2.54. The molecule has 1 atom stereocenters. The third-order valence-corrected chi connectivity index (χ3v) is 2.88. The van der Waals surface area contributed by atoms with E-state index in [1.807, 2.05) is 0 Å². The lowest BCUT2D eigenvalue weighted by atomic mass is 9.75. The first-order valence-corrected chi connectivity index (χ1v) is 4.21.